The molecule has 39 heavy (non-hydrogen) atoms. The number of pyridine rings is 1. The SMILES string of the molecule is Cc1cccc2ccnc(N(C(=O)c3ccc(Nc4ncnc(N5CCCC5)n4)cc3F)[C@@H]3CCCNC3)c12. The molecular weight excluding hydrogens is 495 g/mol. The molecular formula is C29H31FN8O. The highest BCUT2D eigenvalue weighted by molar-refractivity contribution is 6.11. The molecule has 0 unspecified atom stereocenters. The second kappa shape index (κ2) is 10.9. The first-order valence-electron chi connectivity index (χ1n) is 13.5. The number of carbonyl (C=O) groups is 1. The number of rotatable bonds is 6. The minimum absolute atomic E-state index is 0.00749. The highest BCUT2D eigenvalue weighted by Crippen LogP contribution is 2.32. The summed E-state index contributed by atoms with van der Waals surface area (Å²) in [7, 11) is 0. The molecule has 0 saturated carbocycles. The van der Waals surface area contributed by atoms with Gasteiger partial charge in [0.25, 0.3) is 5.91 Å². The third-order valence-corrected chi connectivity index (χ3v) is 7.47. The monoisotopic (exact) mass is 526 g/mol. The van der Waals surface area contributed by atoms with Crippen LogP contribution < -0.4 is 20.4 Å². The van der Waals surface area contributed by atoms with Crippen molar-refractivity contribution in [1.29, 1.82) is 0 Å². The molecule has 2 aliphatic rings. The third-order valence-electron chi connectivity index (χ3n) is 7.47. The molecule has 0 aliphatic carbocycles. The van der Waals surface area contributed by atoms with Crippen molar-refractivity contribution in [3.8, 4) is 0 Å². The minimum atomic E-state index is -0.621. The lowest BCUT2D eigenvalue weighted by Gasteiger charge is -2.35. The van der Waals surface area contributed by atoms with Crippen LogP contribution in [0.4, 0.5) is 27.8 Å². The maximum Gasteiger partial charge on any atom is 0.262 e. The maximum absolute atomic E-state index is 15.6. The molecule has 10 heteroatoms. The Labute approximate surface area is 226 Å². The van der Waals surface area contributed by atoms with E-state index in [4.69, 9.17) is 0 Å². The van der Waals surface area contributed by atoms with Gasteiger partial charge in [-0.15, -0.1) is 0 Å². The highest BCUT2D eigenvalue weighted by Gasteiger charge is 2.31. The average Bonchev–Trinajstić information content (AvgIpc) is 3.50. The molecule has 0 spiro atoms. The lowest BCUT2D eigenvalue weighted by Crippen LogP contribution is -2.49. The van der Waals surface area contributed by atoms with Crippen LogP contribution in [0.25, 0.3) is 10.8 Å². The summed E-state index contributed by atoms with van der Waals surface area (Å²) < 4.78 is 15.6. The molecule has 9 nitrogen and oxygen atoms in total. The number of amides is 1. The Morgan fingerprint density at radius 3 is 2.77 bits per heavy atom. The van der Waals surface area contributed by atoms with Crippen LogP contribution in [0.1, 0.15) is 41.6 Å². The number of piperidine rings is 1. The van der Waals surface area contributed by atoms with Crippen LogP contribution in [-0.2, 0) is 0 Å². The maximum atomic E-state index is 15.6. The summed E-state index contributed by atoms with van der Waals surface area (Å²) in [6, 6.07) is 12.3. The Kier molecular flexibility index (Phi) is 7.02. The lowest BCUT2D eigenvalue weighted by molar-refractivity contribution is 0.0968. The molecule has 200 valence electrons. The van der Waals surface area contributed by atoms with E-state index in [0.29, 0.717) is 29.9 Å². The van der Waals surface area contributed by atoms with E-state index in [1.54, 1.807) is 17.2 Å². The molecule has 1 atom stereocenters. The summed E-state index contributed by atoms with van der Waals surface area (Å²) in [5.74, 6) is 0.463. The van der Waals surface area contributed by atoms with Crippen LogP contribution in [0.5, 0.6) is 0 Å². The quantitative estimate of drug-likeness (QED) is 0.376. The highest BCUT2D eigenvalue weighted by atomic mass is 19.1. The minimum Gasteiger partial charge on any atom is -0.341 e. The zero-order chi connectivity index (χ0) is 26.8. The molecule has 1 amide bonds. The van der Waals surface area contributed by atoms with Gasteiger partial charge in [0.15, 0.2) is 0 Å². The number of hydrogen-bond donors (Lipinski definition) is 2. The molecule has 2 saturated heterocycles. The second-order valence-corrected chi connectivity index (χ2v) is 10.1. The largest absolute Gasteiger partial charge is 0.341 e. The average molecular weight is 527 g/mol. The van der Waals surface area contributed by atoms with Gasteiger partial charge in [0.1, 0.15) is 18.0 Å². The molecule has 4 aromatic rings. The summed E-state index contributed by atoms with van der Waals surface area (Å²) >= 11 is 0. The smallest absolute Gasteiger partial charge is 0.262 e. The van der Waals surface area contributed by atoms with E-state index in [1.165, 1.54) is 18.5 Å². The van der Waals surface area contributed by atoms with Gasteiger partial charge in [-0.1, -0.05) is 18.2 Å². The molecule has 2 aromatic heterocycles. The van der Waals surface area contributed by atoms with Crippen molar-refractivity contribution < 1.29 is 9.18 Å². The number of carbonyl (C=O) groups excluding carboxylic acids is 1. The fourth-order valence-electron chi connectivity index (χ4n) is 5.50. The van der Waals surface area contributed by atoms with E-state index in [0.717, 1.165) is 61.7 Å². The predicted molar refractivity (Wildman–Crippen MR) is 150 cm³/mol. The molecule has 6 rings (SSSR count). The van der Waals surface area contributed by atoms with Gasteiger partial charge >= 0.3 is 0 Å². The molecule has 2 fully saturated rings. The number of benzene rings is 2. The normalized spacial score (nSPS) is 17.4. The summed E-state index contributed by atoms with van der Waals surface area (Å²) in [6.45, 7) is 5.34. The van der Waals surface area contributed by atoms with Crippen LogP contribution in [-0.4, -0.2) is 58.1 Å². The molecule has 4 heterocycles. The fourth-order valence-corrected chi connectivity index (χ4v) is 5.50. The van der Waals surface area contributed by atoms with E-state index in [-0.39, 0.29) is 11.6 Å². The van der Waals surface area contributed by atoms with Crippen LogP contribution in [0.15, 0.2) is 55.0 Å². The Hall–Kier alpha value is -4.18. The van der Waals surface area contributed by atoms with Crippen LogP contribution in [0.2, 0.25) is 0 Å². The van der Waals surface area contributed by atoms with Crippen molar-refractivity contribution in [2.45, 2.75) is 38.6 Å². The Bertz CT molecular complexity index is 1490. The Balaban J connectivity index is 1.32. The predicted octanol–water partition coefficient (Wildman–Crippen LogP) is 4.61. The summed E-state index contributed by atoms with van der Waals surface area (Å²) in [5, 5.41) is 8.33. The number of halogens is 1. The topological polar surface area (TPSA) is 99.2 Å². The number of hydrogen-bond acceptors (Lipinski definition) is 8. The van der Waals surface area contributed by atoms with Gasteiger partial charge in [0.05, 0.1) is 11.6 Å². The van der Waals surface area contributed by atoms with Gasteiger partial charge in [-0.05, 0) is 74.4 Å². The first kappa shape index (κ1) is 25.1. The standard InChI is InChI=1S/C29H31FN8O/c1-19-6-4-7-20-11-13-32-26(25(19)20)38(22-8-5-12-31-17-22)27(39)23-10-9-21(16-24(23)30)35-28-33-18-34-29(36-28)37-14-2-3-15-37/h4,6-7,9-11,13,16,18,22,31H,2-3,5,8,12,14-15,17H2,1H3,(H,33,34,35,36)/t22-/m1/s1. The van der Waals surface area contributed by atoms with Gasteiger partial charge in [-0.25, -0.2) is 19.3 Å². The number of nitrogens with zero attached hydrogens (tertiary/aromatic N) is 6. The molecule has 2 N–H and O–H groups in total. The van der Waals surface area contributed by atoms with Crippen molar-refractivity contribution >= 4 is 40.1 Å². The van der Waals surface area contributed by atoms with Gasteiger partial charge in [0.2, 0.25) is 11.9 Å². The number of fused-ring (bicyclic) bond motifs is 1. The van der Waals surface area contributed by atoms with Crippen molar-refractivity contribution in [2.24, 2.45) is 0 Å². The Morgan fingerprint density at radius 2 is 1.97 bits per heavy atom. The number of aryl methyl sites for hydroxylation is 1. The zero-order valence-corrected chi connectivity index (χ0v) is 21.9. The van der Waals surface area contributed by atoms with Gasteiger partial charge in [0, 0.05) is 36.9 Å². The number of nitrogens with one attached hydrogen (secondary N) is 2. The van der Waals surface area contributed by atoms with Crippen molar-refractivity contribution in [2.75, 3.05) is 41.3 Å². The third kappa shape index (κ3) is 5.12. The van der Waals surface area contributed by atoms with E-state index in [9.17, 15) is 4.79 Å². The number of anilines is 4. The zero-order valence-electron chi connectivity index (χ0n) is 21.9. The first-order valence-corrected chi connectivity index (χ1v) is 13.5. The molecule has 0 bridgehead atoms. The summed E-state index contributed by atoms with van der Waals surface area (Å²) in [4.78, 5) is 35.4. The van der Waals surface area contributed by atoms with Gasteiger partial charge < -0.3 is 15.5 Å². The lowest BCUT2D eigenvalue weighted by atomic mass is 10.0. The molecule has 2 aromatic carbocycles. The van der Waals surface area contributed by atoms with E-state index in [1.807, 2.05) is 31.2 Å². The molecule has 2 aliphatic heterocycles. The van der Waals surface area contributed by atoms with Crippen LogP contribution in [0.3, 0.4) is 0 Å². The number of aromatic nitrogens is 4. The van der Waals surface area contributed by atoms with Crippen molar-refractivity contribution in [1.82, 2.24) is 25.3 Å². The second-order valence-electron chi connectivity index (χ2n) is 10.1. The summed E-state index contributed by atoms with van der Waals surface area (Å²) in [6.07, 6.45) is 7.11. The van der Waals surface area contributed by atoms with E-state index in [2.05, 4.69) is 35.5 Å². The Morgan fingerprint density at radius 1 is 1.10 bits per heavy atom. The molecule has 0 radical (unpaired) electrons. The van der Waals surface area contributed by atoms with Gasteiger partial charge in [-0.2, -0.15) is 4.98 Å². The van der Waals surface area contributed by atoms with Crippen LogP contribution >= 0.6 is 0 Å². The van der Waals surface area contributed by atoms with Crippen LogP contribution in [0, 0.1) is 12.7 Å². The van der Waals surface area contributed by atoms with Crippen molar-refractivity contribution in [3.05, 3.63) is 71.9 Å². The summed E-state index contributed by atoms with van der Waals surface area (Å²) in [5.41, 5.74) is 1.46. The fraction of sp³-hybridized carbons (Fsp3) is 0.345. The first-order chi connectivity index (χ1) is 19.1. The van der Waals surface area contributed by atoms with E-state index < -0.39 is 11.7 Å². The van der Waals surface area contributed by atoms with Gasteiger partial charge in [-0.3, -0.25) is 9.69 Å². The van der Waals surface area contributed by atoms with Crippen molar-refractivity contribution in [3.63, 3.8) is 0 Å². The van der Waals surface area contributed by atoms with E-state index >= 15 is 4.39 Å².